The summed E-state index contributed by atoms with van der Waals surface area (Å²) in [5.41, 5.74) is -0.349. The Bertz CT molecular complexity index is 873. The average Bonchev–Trinajstić information content (AvgIpc) is 2.75. The van der Waals surface area contributed by atoms with Gasteiger partial charge in [-0.25, -0.2) is 0 Å². The van der Waals surface area contributed by atoms with Crippen molar-refractivity contribution in [1.82, 2.24) is 0 Å². The molecule has 31 heavy (non-hydrogen) atoms. The minimum absolute atomic E-state index is 0. The molecular weight excluding hydrogens is 458 g/mol. The van der Waals surface area contributed by atoms with Gasteiger partial charge in [-0.3, -0.25) is 0 Å². The fourth-order valence-corrected chi connectivity index (χ4v) is 3.23. The summed E-state index contributed by atoms with van der Waals surface area (Å²) in [5, 5.41) is 30.9. The van der Waals surface area contributed by atoms with Crippen molar-refractivity contribution in [2.75, 3.05) is 27.7 Å². The SMILES string of the molecule is C[N+](C)(C)C(CO)c1ccccc1.O=C([O-])C(O)(c1ccccc1)c1ccccc1.[Br-]. The van der Waals surface area contributed by atoms with E-state index in [1.807, 2.05) is 18.2 Å². The number of quaternary nitrogens is 1. The first-order chi connectivity index (χ1) is 14.2. The summed E-state index contributed by atoms with van der Waals surface area (Å²) in [7, 11) is 6.27. The second-order valence-electron chi connectivity index (χ2n) is 7.96. The molecule has 0 aromatic heterocycles. The largest absolute Gasteiger partial charge is 1.00 e. The lowest BCUT2D eigenvalue weighted by atomic mass is 9.86. The summed E-state index contributed by atoms with van der Waals surface area (Å²) in [6, 6.07) is 26.7. The molecule has 1 unspecified atom stereocenters. The number of hydrogen-bond donors (Lipinski definition) is 2. The fourth-order valence-electron chi connectivity index (χ4n) is 3.23. The first kappa shape index (κ1) is 26.5. The first-order valence-corrected chi connectivity index (χ1v) is 9.73. The minimum Gasteiger partial charge on any atom is -1.00 e. The van der Waals surface area contributed by atoms with Crippen molar-refractivity contribution < 1.29 is 41.6 Å². The maximum atomic E-state index is 11.3. The van der Waals surface area contributed by atoms with Crippen LogP contribution in [-0.4, -0.2) is 48.4 Å². The topological polar surface area (TPSA) is 80.6 Å². The molecule has 0 amide bonds. The normalized spacial score (nSPS) is 12.0. The molecule has 0 aliphatic heterocycles. The highest BCUT2D eigenvalue weighted by Crippen LogP contribution is 2.28. The summed E-state index contributed by atoms with van der Waals surface area (Å²) in [6.45, 7) is 0.188. The smallest absolute Gasteiger partial charge is 0.154 e. The molecule has 0 aliphatic rings. The Morgan fingerprint density at radius 3 is 1.48 bits per heavy atom. The molecule has 0 bridgehead atoms. The monoisotopic (exact) mass is 486 g/mol. The highest BCUT2D eigenvalue weighted by atomic mass is 79.9. The molecular formula is C25H29BrNO4-. The van der Waals surface area contributed by atoms with Gasteiger partial charge < -0.3 is 41.6 Å². The maximum absolute atomic E-state index is 11.3. The van der Waals surface area contributed by atoms with Crippen molar-refractivity contribution in [1.29, 1.82) is 0 Å². The van der Waals surface area contributed by atoms with Crippen LogP contribution in [0.3, 0.4) is 0 Å². The Morgan fingerprint density at radius 2 is 1.19 bits per heavy atom. The predicted molar refractivity (Wildman–Crippen MR) is 115 cm³/mol. The number of rotatable bonds is 6. The summed E-state index contributed by atoms with van der Waals surface area (Å²) < 4.78 is 0.751. The van der Waals surface area contributed by atoms with Gasteiger partial charge in [-0.1, -0.05) is 91.0 Å². The van der Waals surface area contributed by atoms with E-state index in [0.717, 1.165) is 4.48 Å². The quantitative estimate of drug-likeness (QED) is 0.442. The van der Waals surface area contributed by atoms with Gasteiger partial charge in [0.2, 0.25) is 0 Å². The molecule has 0 saturated carbocycles. The summed E-state index contributed by atoms with van der Waals surface area (Å²) in [4.78, 5) is 11.3. The van der Waals surface area contributed by atoms with Gasteiger partial charge in [-0.15, -0.1) is 0 Å². The Labute approximate surface area is 194 Å². The molecule has 2 N–H and O–H groups in total. The van der Waals surface area contributed by atoms with Crippen LogP contribution in [0.25, 0.3) is 0 Å². The van der Waals surface area contributed by atoms with Crippen molar-refractivity contribution in [2.24, 2.45) is 0 Å². The summed E-state index contributed by atoms with van der Waals surface area (Å²) >= 11 is 0. The van der Waals surface area contributed by atoms with Crippen LogP contribution in [-0.2, 0) is 10.4 Å². The van der Waals surface area contributed by atoms with Gasteiger partial charge in [0.05, 0.1) is 33.7 Å². The van der Waals surface area contributed by atoms with Crippen LogP contribution in [0.1, 0.15) is 22.7 Å². The zero-order valence-electron chi connectivity index (χ0n) is 18.0. The van der Waals surface area contributed by atoms with E-state index in [1.165, 1.54) is 5.56 Å². The second kappa shape index (κ2) is 11.8. The van der Waals surface area contributed by atoms with Gasteiger partial charge in [0.15, 0.2) is 5.60 Å². The standard InChI is InChI=1S/C14H12O3.C11H18NO.BrH/c15-13(16)14(17,11-7-3-1-4-8-11)12-9-5-2-6-10-12;1-12(2,3)11(9-13)10-7-5-4-6-8-10;/h1-10,17H,(H,15,16);4-8,11,13H,9H2,1-3H3;1H/q;+1;/p-2. The number of nitrogens with zero attached hydrogens (tertiary/aromatic N) is 1. The number of aliphatic carboxylic acids is 1. The number of halogens is 1. The average molecular weight is 487 g/mol. The number of carbonyl (C=O) groups excluding carboxylic acids is 1. The van der Waals surface area contributed by atoms with Crippen molar-refractivity contribution >= 4 is 5.97 Å². The molecule has 5 nitrogen and oxygen atoms in total. The van der Waals surface area contributed by atoms with E-state index in [0.29, 0.717) is 0 Å². The predicted octanol–water partition coefficient (Wildman–Crippen LogP) is -0.897. The lowest BCUT2D eigenvalue weighted by Crippen LogP contribution is -3.00. The third kappa shape index (κ3) is 6.74. The van der Waals surface area contributed by atoms with E-state index in [4.69, 9.17) is 0 Å². The van der Waals surface area contributed by atoms with Crippen LogP contribution < -0.4 is 22.1 Å². The minimum atomic E-state index is -2.11. The molecule has 3 aromatic carbocycles. The zero-order valence-corrected chi connectivity index (χ0v) is 19.6. The summed E-state index contributed by atoms with van der Waals surface area (Å²) in [5.74, 6) is -1.53. The molecule has 0 saturated heterocycles. The molecule has 0 radical (unpaired) electrons. The van der Waals surface area contributed by atoms with E-state index < -0.39 is 11.6 Å². The number of likely N-dealkylation sites (N-methyl/N-ethyl adjacent to an activating group) is 1. The second-order valence-corrected chi connectivity index (χ2v) is 7.96. The Balaban J connectivity index is 0.000000311. The van der Waals surface area contributed by atoms with Gasteiger partial charge in [0.1, 0.15) is 6.04 Å². The molecule has 0 aliphatic carbocycles. The Kier molecular flexibility index (Phi) is 10.1. The van der Waals surface area contributed by atoms with Crippen LogP contribution in [0.5, 0.6) is 0 Å². The van der Waals surface area contributed by atoms with Crippen molar-refractivity contribution in [3.63, 3.8) is 0 Å². The van der Waals surface area contributed by atoms with Gasteiger partial charge >= 0.3 is 0 Å². The molecule has 6 heteroatoms. The van der Waals surface area contributed by atoms with Gasteiger partial charge in [-0.2, -0.15) is 0 Å². The first-order valence-electron chi connectivity index (χ1n) is 9.73. The van der Waals surface area contributed by atoms with Crippen LogP contribution >= 0.6 is 0 Å². The molecule has 0 heterocycles. The summed E-state index contributed by atoms with van der Waals surface area (Å²) in [6.07, 6.45) is 0. The van der Waals surface area contributed by atoms with E-state index in [1.54, 1.807) is 60.7 Å². The maximum Gasteiger partial charge on any atom is 0.154 e. The van der Waals surface area contributed by atoms with Crippen molar-refractivity contribution in [3.8, 4) is 0 Å². The number of hydrogen-bond acceptors (Lipinski definition) is 4. The molecule has 166 valence electrons. The van der Waals surface area contributed by atoms with E-state index in [-0.39, 0.29) is 40.8 Å². The van der Waals surface area contributed by atoms with Crippen molar-refractivity contribution in [3.05, 3.63) is 108 Å². The lowest BCUT2D eigenvalue weighted by molar-refractivity contribution is -0.902. The fraction of sp³-hybridized carbons (Fsp3) is 0.240. The third-order valence-electron chi connectivity index (χ3n) is 4.97. The highest BCUT2D eigenvalue weighted by Gasteiger charge is 2.32. The van der Waals surface area contributed by atoms with Crippen molar-refractivity contribution in [2.45, 2.75) is 11.6 Å². The molecule has 1 atom stereocenters. The number of aliphatic hydroxyl groups is 2. The third-order valence-corrected chi connectivity index (χ3v) is 4.97. The van der Waals surface area contributed by atoms with Gasteiger partial charge in [0, 0.05) is 5.56 Å². The molecule has 3 aromatic rings. The van der Waals surface area contributed by atoms with Gasteiger partial charge in [0.25, 0.3) is 0 Å². The number of carboxylic acids is 1. The number of carbonyl (C=O) groups is 1. The van der Waals surface area contributed by atoms with Crippen LogP contribution in [0.15, 0.2) is 91.0 Å². The lowest BCUT2D eigenvalue weighted by Gasteiger charge is -2.33. The Hall–Kier alpha value is -2.51. The number of aliphatic hydroxyl groups excluding tert-OH is 1. The van der Waals surface area contributed by atoms with Crippen LogP contribution in [0.4, 0.5) is 0 Å². The van der Waals surface area contributed by atoms with E-state index >= 15 is 0 Å². The Morgan fingerprint density at radius 1 is 0.839 bits per heavy atom. The number of benzene rings is 3. The van der Waals surface area contributed by atoms with Crippen LogP contribution in [0, 0.1) is 0 Å². The van der Waals surface area contributed by atoms with Crippen LogP contribution in [0.2, 0.25) is 0 Å². The van der Waals surface area contributed by atoms with E-state index in [2.05, 4.69) is 33.3 Å². The zero-order chi connectivity index (χ0) is 22.2. The number of carboxylic acid groups (broad SMARTS) is 1. The molecule has 0 spiro atoms. The van der Waals surface area contributed by atoms with E-state index in [9.17, 15) is 20.1 Å². The molecule has 0 fully saturated rings. The highest BCUT2D eigenvalue weighted by molar-refractivity contribution is 5.81. The van der Waals surface area contributed by atoms with Gasteiger partial charge in [-0.05, 0) is 11.1 Å². The molecule has 3 rings (SSSR count).